The summed E-state index contributed by atoms with van der Waals surface area (Å²) in [5.74, 6) is 0. The summed E-state index contributed by atoms with van der Waals surface area (Å²) in [5.41, 5.74) is 3.68. The molecule has 0 unspecified atom stereocenters. The summed E-state index contributed by atoms with van der Waals surface area (Å²) < 4.78 is 0. The lowest BCUT2D eigenvalue weighted by molar-refractivity contribution is 0.184. The van der Waals surface area contributed by atoms with Crippen molar-refractivity contribution >= 4 is 11.4 Å². The van der Waals surface area contributed by atoms with Gasteiger partial charge in [0.15, 0.2) is 0 Å². The molecule has 0 bridgehead atoms. The predicted octanol–water partition coefficient (Wildman–Crippen LogP) is 5.19. The van der Waals surface area contributed by atoms with Crippen molar-refractivity contribution in [1.29, 1.82) is 0 Å². The molecule has 0 heterocycles. The van der Waals surface area contributed by atoms with Gasteiger partial charge in [-0.1, -0.05) is 49.6 Å². The van der Waals surface area contributed by atoms with Crippen LogP contribution in [0.3, 0.4) is 0 Å². The van der Waals surface area contributed by atoms with Gasteiger partial charge in [-0.2, -0.15) is 0 Å². The lowest BCUT2D eigenvalue weighted by Gasteiger charge is -2.31. The third-order valence-corrected chi connectivity index (χ3v) is 4.65. The Hall–Kier alpha value is -1.80. The van der Waals surface area contributed by atoms with Gasteiger partial charge in [0.25, 0.3) is 0 Å². The summed E-state index contributed by atoms with van der Waals surface area (Å²) in [6.45, 7) is 1.05. The minimum Gasteiger partial charge on any atom is -0.356 e. The van der Waals surface area contributed by atoms with Gasteiger partial charge in [0.05, 0.1) is 0 Å². The zero-order chi connectivity index (χ0) is 15.2. The number of nitrogens with one attached hydrogen (secondary N) is 1. The van der Waals surface area contributed by atoms with E-state index in [1.54, 1.807) is 0 Å². The predicted molar refractivity (Wildman–Crippen MR) is 94.5 cm³/mol. The van der Waals surface area contributed by atoms with E-state index in [1.807, 2.05) is 6.07 Å². The number of hydrogen-bond donors (Lipinski definition) is 1. The molecule has 2 heteroatoms. The summed E-state index contributed by atoms with van der Waals surface area (Å²) in [6.07, 6.45) is 6.95. The Morgan fingerprint density at radius 1 is 0.864 bits per heavy atom. The van der Waals surface area contributed by atoms with Gasteiger partial charge in [-0.05, 0) is 49.7 Å². The maximum atomic E-state index is 3.43. The fourth-order valence-corrected chi connectivity index (χ4v) is 3.32. The Labute approximate surface area is 134 Å². The second-order valence-electron chi connectivity index (χ2n) is 6.39. The summed E-state index contributed by atoms with van der Waals surface area (Å²) >= 11 is 0. The molecule has 1 aliphatic rings. The highest BCUT2D eigenvalue weighted by atomic mass is 15.1. The number of para-hydroxylation sites is 1. The maximum Gasteiger partial charge on any atom is 0.0384 e. The van der Waals surface area contributed by atoms with Crippen molar-refractivity contribution in [3.05, 3.63) is 60.2 Å². The molecule has 22 heavy (non-hydrogen) atoms. The Morgan fingerprint density at radius 2 is 1.50 bits per heavy atom. The molecule has 116 valence electrons. The van der Waals surface area contributed by atoms with Crippen LogP contribution in [0.2, 0.25) is 0 Å². The average Bonchev–Trinajstić information content (AvgIpc) is 2.58. The molecule has 0 saturated heterocycles. The molecule has 0 aromatic heterocycles. The van der Waals surface area contributed by atoms with E-state index in [-0.39, 0.29) is 0 Å². The monoisotopic (exact) mass is 294 g/mol. The number of nitrogens with zero attached hydrogens (tertiary/aromatic N) is 1. The van der Waals surface area contributed by atoms with Crippen LogP contribution in [0.5, 0.6) is 0 Å². The Kier molecular flexibility index (Phi) is 5.12. The second kappa shape index (κ2) is 7.46. The first-order chi connectivity index (χ1) is 10.8. The van der Waals surface area contributed by atoms with Crippen LogP contribution in [0.25, 0.3) is 0 Å². The number of hydrogen-bond acceptors (Lipinski definition) is 2. The maximum absolute atomic E-state index is 3.43. The van der Waals surface area contributed by atoms with Crippen LogP contribution >= 0.6 is 0 Å². The fraction of sp³-hybridized carbons (Fsp3) is 0.400. The van der Waals surface area contributed by atoms with Crippen molar-refractivity contribution in [2.75, 3.05) is 12.4 Å². The third-order valence-electron chi connectivity index (χ3n) is 4.65. The molecular formula is C20H26N2. The van der Waals surface area contributed by atoms with Crippen molar-refractivity contribution in [2.24, 2.45) is 0 Å². The topological polar surface area (TPSA) is 15.3 Å². The highest BCUT2D eigenvalue weighted by Crippen LogP contribution is 2.23. The molecule has 1 saturated carbocycles. The zero-order valence-electron chi connectivity index (χ0n) is 13.5. The molecule has 2 nitrogen and oxygen atoms in total. The highest BCUT2D eigenvalue weighted by Gasteiger charge is 2.17. The lowest BCUT2D eigenvalue weighted by atomic mass is 9.94. The molecule has 0 radical (unpaired) electrons. The SMILES string of the molecule is CN(Cc1ccc(Nc2ccccc2)cc1)C1CCCCC1. The van der Waals surface area contributed by atoms with E-state index in [0.717, 1.165) is 24.0 Å². The number of anilines is 2. The Balaban J connectivity index is 1.57. The quantitative estimate of drug-likeness (QED) is 0.816. The standard InChI is InChI=1S/C20H26N2/c1-22(20-10-6-3-7-11-20)16-17-12-14-19(15-13-17)21-18-8-4-2-5-9-18/h2,4-5,8-9,12-15,20-21H,3,6-7,10-11,16H2,1H3. The lowest BCUT2D eigenvalue weighted by Crippen LogP contribution is -2.32. The van der Waals surface area contributed by atoms with E-state index in [0.29, 0.717) is 0 Å². The largest absolute Gasteiger partial charge is 0.356 e. The molecule has 1 N–H and O–H groups in total. The first-order valence-electron chi connectivity index (χ1n) is 8.42. The Morgan fingerprint density at radius 3 is 2.18 bits per heavy atom. The van der Waals surface area contributed by atoms with Gasteiger partial charge in [-0.3, -0.25) is 4.90 Å². The van der Waals surface area contributed by atoms with Crippen molar-refractivity contribution in [3.8, 4) is 0 Å². The van der Waals surface area contributed by atoms with Gasteiger partial charge in [0.1, 0.15) is 0 Å². The van der Waals surface area contributed by atoms with Gasteiger partial charge >= 0.3 is 0 Å². The van der Waals surface area contributed by atoms with Crippen LogP contribution in [-0.2, 0) is 6.54 Å². The van der Waals surface area contributed by atoms with Crippen LogP contribution in [0, 0.1) is 0 Å². The fourth-order valence-electron chi connectivity index (χ4n) is 3.32. The first kappa shape index (κ1) is 15.1. The highest BCUT2D eigenvalue weighted by molar-refractivity contribution is 5.59. The smallest absolute Gasteiger partial charge is 0.0384 e. The zero-order valence-corrected chi connectivity index (χ0v) is 13.5. The molecular weight excluding hydrogens is 268 g/mol. The molecule has 0 spiro atoms. The van der Waals surface area contributed by atoms with E-state index in [2.05, 4.69) is 65.8 Å². The van der Waals surface area contributed by atoms with E-state index in [4.69, 9.17) is 0 Å². The molecule has 0 aliphatic heterocycles. The van der Waals surface area contributed by atoms with Crippen LogP contribution in [-0.4, -0.2) is 18.0 Å². The number of rotatable bonds is 5. The molecule has 3 rings (SSSR count). The first-order valence-corrected chi connectivity index (χ1v) is 8.42. The summed E-state index contributed by atoms with van der Waals surface area (Å²) in [6, 6.07) is 19.9. The van der Waals surface area contributed by atoms with Crippen LogP contribution < -0.4 is 5.32 Å². The van der Waals surface area contributed by atoms with E-state index >= 15 is 0 Å². The minimum absolute atomic E-state index is 0.774. The summed E-state index contributed by atoms with van der Waals surface area (Å²) in [4.78, 5) is 2.53. The van der Waals surface area contributed by atoms with Gasteiger partial charge < -0.3 is 5.32 Å². The summed E-state index contributed by atoms with van der Waals surface area (Å²) in [7, 11) is 2.27. The average molecular weight is 294 g/mol. The molecule has 2 aromatic rings. The molecule has 1 aliphatic carbocycles. The van der Waals surface area contributed by atoms with Crippen molar-refractivity contribution < 1.29 is 0 Å². The molecule has 2 aromatic carbocycles. The van der Waals surface area contributed by atoms with Gasteiger partial charge in [-0.25, -0.2) is 0 Å². The molecule has 0 amide bonds. The third kappa shape index (κ3) is 4.11. The van der Waals surface area contributed by atoms with Crippen LogP contribution in [0.4, 0.5) is 11.4 Å². The van der Waals surface area contributed by atoms with Gasteiger partial charge in [0, 0.05) is 24.0 Å². The minimum atomic E-state index is 0.774. The number of benzene rings is 2. The van der Waals surface area contributed by atoms with Crippen molar-refractivity contribution in [1.82, 2.24) is 4.90 Å². The van der Waals surface area contributed by atoms with E-state index in [1.165, 1.54) is 37.7 Å². The normalized spacial score (nSPS) is 15.9. The van der Waals surface area contributed by atoms with Gasteiger partial charge in [0.2, 0.25) is 0 Å². The summed E-state index contributed by atoms with van der Waals surface area (Å²) in [5, 5.41) is 3.43. The van der Waals surface area contributed by atoms with Crippen LogP contribution in [0.1, 0.15) is 37.7 Å². The van der Waals surface area contributed by atoms with Crippen LogP contribution in [0.15, 0.2) is 54.6 Å². The molecule has 1 fully saturated rings. The van der Waals surface area contributed by atoms with Crippen molar-refractivity contribution in [3.63, 3.8) is 0 Å². The van der Waals surface area contributed by atoms with E-state index < -0.39 is 0 Å². The van der Waals surface area contributed by atoms with Gasteiger partial charge in [-0.15, -0.1) is 0 Å². The molecule has 0 atom stereocenters. The Bertz CT molecular complexity index is 556. The van der Waals surface area contributed by atoms with E-state index in [9.17, 15) is 0 Å². The van der Waals surface area contributed by atoms with Crippen molar-refractivity contribution in [2.45, 2.75) is 44.7 Å². The second-order valence-corrected chi connectivity index (χ2v) is 6.39.